The molecule has 2 aromatic rings. The number of carbonyl (C=O) groups excluding carboxylic acids is 2. The second-order valence-electron chi connectivity index (χ2n) is 12.8. The molecule has 2 amide bonds. The lowest BCUT2D eigenvalue weighted by Gasteiger charge is -2.50. The van der Waals surface area contributed by atoms with Gasteiger partial charge in [0.2, 0.25) is 11.8 Å². The van der Waals surface area contributed by atoms with E-state index in [2.05, 4.69) is 53.3 Å². The van der Waals surface area contributed by atoms with Gasteiger partial charge in [0.05, 0.1) is 0 Å². The smallest absolute Gasteiger partial charge is 0.245 e. The normalized spacial score (nSPS) is 22.0. The predicted molar refractivity (Wildman–Crippen MR) is 165 cm³/mol. The highest BCUT2D eigenvalue weighted by Gasteiger charge is 2.39. The van der Waals surface area contributed by atoms with Gasteiger partial charge in [-0.15, -0.1) is 0 Å². The third-order valence-corrected chi connectivity index (χ3v) is 9.51. The lowest BCUT2D eigenvalue weighted by molar-refractivity contribution is -0.139. The number of rotatable bonds is 9. The molecule has 3 aliphatic heterocycles. The largest absolute Gasteiger partial charge is 0.344 e. The van der Waals surface area contributed by atoms with E-state index in [9.17, 15) is 9.59 Å². The number of nitrogens with one attached hydrogen (secondary N) is 2. The highest BCUT2D eigenvalue weighted by atomic mass is 35.5. The fraction of sp³-hybridized carbons (Fsp3) is 0.576. The van der Waals surface area contributed by atoms with E-state index in [0.29, 0.717) is 36.9 Å². The van der Waals surface area contributed by atoms with Gasteiger partial charge >= 0.3 is 0 Å². The molecule has 0 saturated carbocycles. The van der Waals surface area contributed by atoms with Crippen LogP contribution in [0.15, 0.2) is 48.5 Å². The summed E-state index contributed by atoms with van der Waals surface area (Å²) in [5.41, 5.74) is 3.57. The van der Waals surface area contributed by atoms with Crippen LogP contribution in [-0.2, 0) is 22.6 Å². The number of hydrogen-bond donors (Lipinski definition) is 2. The van der Waals surface area contributed by atoms with E-state index in [1.807, 2.05) is 41.3 Å². The maximum Gasteiger partial charge on any atom is 0.245 e. The average Bonchev–Trinajstić information content (AvgIpc) is 3.37. The van der Waals surface area contributed by atoms with Crippen molar-refractivity contribution in [3.05, 3.63) is 70.2 Å². The molecule has 2 fully saturated rings. The van der Waals surface area contributed by atoms with Gasteiger partial charge in [0, 0.05) is 68.7 Å². The van der Waals surface area contributed by atoms with Crippen LogP contribution in [0.25, 0.3) is 0 Å². The van der Waals surface area contributed by atoms with Crippen molar-refractivity contribution in [2.75, 3.05) is 45.8 Å². The van der Waals surface area contributed by atoms with Crippen LogP contribution in [0.3, 0.4) is 0 Å². The molecule has 222 valence electrons. The Morgan fingerprint density at radius 1 is 1.00 bits per heavy atom. The molecule has 3 heterocycles. The molecule has 0 bridgehead atoms. The van der Waals surface area contributed by atoms with E-state index in [0.717, 1.165) is 38.3 Å². The van der Waals surface area contributed by atoms with Crippen LogP contribution in [-0.4, -0.2) is 83.9 Å². The monoisotopic (exact) mass is 579 g/mol. The van der Waals surface area contributed by atoms with Crippen LogP contribution < -0.4 is 10.6 Å². The maximum atomic E-state index is 13.9. The zero-order chi connectivity index (χ0) is 29.0. The number of carbonyl (C=O) groups is 2. The minimum Gasteiger partial charge on any atom is -0.344 e. The minimum absolute atomic E-state index is 0.00429. The molecule has 2 N–H and O–H groups in total. The molecule has 7 nitrogen and oxygen atoms in total. The van der Waals surface area contributed by atoms with Gasteiger partial charge in [0.15, 0.2) is 0 Å². The number of nitrogens with zero attached hydrogens (tertiary/aromatic N) is 3. The van der Waals surface area contributed by atoms with Gasteiger partial charge in [-0.25, -0.2) is 0 Å². The van der Waals surface area contributed by atoms with Crippen molar-refractivity contribution < 1.29 is 9.59 Å². The summed E-state index contributed by atoms with van der Waals surface area (Å²) in [6.45, 7) is 14.3. The molecule has 8 heteroatoms. The van der Waals surface area contributed by atoms with Crippen LogP contribution in [0.5, 0.6) is 0 Å². The third kappa shape index (κ3) is 7.50. The van der Waals surface area contributed by atoms with E-state index in [-0.39, 0.29) is 23.4 Å². The van der Waals surface area contributed by atoms with Crippen LogP contribution in [0, 0.1) is 5.92 Å². The first kappa shape index (κ1) is 30.0. The van der Waals surface area contributed by atoms with Crippen molar-refractivity contribution in [3.8, 4) is 0 Å². The molecule has 0 aromatic heterocycles. The third-order valence-electron chi connectivity index (χ3n) is 9.26. The Morgan fingerprint density at radius 3 is 2.37 bits per heavy atom. The molecule has 41 heavy (non-hydrogen) atoms. The van der Waals surface area contributed by atoms with Crippen molar-refractivity contribution in [2.45, 2.75) is 70.6 Å². The first-order chi connectivity index (χ1) is 19.7. The van der Waals surface area contributed by atoms with Gasteiger partial charge in [-0.2, -0.15) is 0 Å². The van der Waals surface area contributed by atoms with Crippen molar-refractivity contribution in [2.24, 2.45) is 5.92 Å². The topological polar surface area (TPSA) is 67.9 Å². The standard InChI is InChI=1S/C33H46ClN5O2/c1-24(2)23-37-14-12-33(3,13-15-37)39-18-16-38(17-19-39)32(41)30(20-25-8-10-27(34)11-9-25)36-31(40)21-29-28-7-5-4-6-26(28)22-35-29/h4-11,24,29-30,35H,12-23H2,1-3H3,(H,36,40)/t29?,30-/m1/s1. The fourth-order valence-corrected chi connectivity index (χ4v) is 6.92. The highest BCUT2D eigenvalue weighted by Crippen LogP contribution is 2.30. The van der Waals surface area contributed by atoms with E-state index >= 15 is 0 Å². The number of likely N-dealkylation sites (tertiary alicyclic amines) is 1. The fourth-order valence-electron chi connectivity index (χ4n) is 6.79. The molecule has 2 aromatic carbocycles. The Bertz CT molecular complexity index is 1190. The first-order valence-electron chi connectivity index (χ1n) is 15.3. The Morgan fingerprint density at radius 2 is 1.68 bits per heavy atom. The highest BCUT2D eigenvalue weighted by molar-refractivity contribution is 6.30. The van der Waals surface area contributed by atoms with Gasteiger partial charge in [-0.05, 0) is 67.6 Å². The van der Waals surface area contributed by atoms with E-state index in [1.54, 1.807) is 0 Å². The number of benzene rings is 2. The number of piperazine rings is 1. The Balaban J connectivity index is 1.20. The summed E-state index contributed by atoms with van der Waals surface area (Å²) in [7, 11) is 0. The van der Waals surface area contributed by atoms with E-state index in [4.69, 9.17) is 11.6 Å². The second-order valence-corrected chi connectivity index (χ2v) is 13.2. The summed E-state index contributed by atoms with van der Waals surface area (Å²) in [5, 5.41) is 7.22. The second kappa shape index (κ2) is 13.2. The Labute approximate surface area is 250 Å². The van der Waals surface area contributed by atoms with Crippen molar-refractivity contribution in [1.82, 2.24) is 25.3 Å². The van der Waals surface area contributed by atoms with Crippen molar-refractivity contribution in [3.63, 3.8) is 0 Å². The van der Waals surface area contributed by atoms with Crippen LogP contribution in [0.4, 0.5) is 0 Å². The zero-order valence-corrected chi connectivity index (χ0v) is 25.6. The number of amides is 2. The average molecular weight is 580 g/mol. The molecule has 0 radical (unpaired) electrons. The Hall–Kier alpha value is -2.45. The summed E-state index contributed by atoms with van der Waals surface area (Å²) >= 11 is 6.11. The van der Waals surface area contributed by atoms with Gasteiger partial charge in [0.25, 0.3) is 0 Å². The minimum atomic E-state index is -0.610. The number of fused-ring (bicyclic) bond motifs is 1. The SMILES string of the molecule is CC(C)CN1CCC(C)(N2CCN(C(=O)[C@@H](Cc3ccc(Cl)cc3)NC(=O)CC3NCc4ccccc43)CC2)CC1. The lowest BCUT2D eigenvalue weighted by Crippen LogP contribution is -2.61. The summed E-state index contributed by atoms with van der Waals surface area (Å²) in [6, 6.07) is 15.1. The number of hydrogen-bond acceptors (Lipinski definition) is 5. The van der Waals surface area contributed by atoms with Crippen LogP contribution in [0.2, 0.25) is 5.02 Å². The molecule has 1 unspecified atom stereocenters. The molecule has 2 saturated heterocycles. The van der Waals surface area contributed by atoms with Crippen molar-refractivity contribution >= 4 is 23.4 Å². The lowest BCUT2D eigenvalue weighted by atomic mass is 9.86. The molecule has 0 aliphatic carbocycles. The molecular formula is C33H46ClN5O2. The van der Waals surface area contributed by atoms with Gasteiger partial charge < -0.3 is 20.4 Å². The molecule has 5 rings (SSSR count). The maximum absolute atomic E-state index is 13.9. The zero-order valence-electron chi connectivity index (χ0n) is 24.9. The summed E-state index contributed by atoms with van der Waals surface area (Å²) in [5.74, 6) is 0.593. The summed E-state index contributed by atoms with van der Waals surface area (Å²) < 4.78 is 0. The van der Waals surface area contributed by atoms with Gasteiger partial charge in [-0.1, -0.05) is 61.8 Å². The van der Waals surface area contributed by atoms with Gasteiger partial charge in [0.1, 0.15) is 6.04 Å². The number of piperidine rings is 1. The molecule has 3 aliphatic rings. The molecule has 2 atom stereocenters. The predicted octanol–water partition coefficient (Wildman–Crippen LogP) is 4.26. The summed E-state index contributed by atoms with van der Waals surface area (Å²) in [4.78, 5) is 34.3. The first-order valence-corrected chi connectivity index (χ1v) is 15.7. The molecule has 0 spiro atoms. The van der Waals surface area contributed by atoms with E-state index in [1.165, 1.54) is 30.5 Å². The van der Waals surface area contributed by atoms with Crippen LogP contribution >= 0.6 is 11.6 Å². The van der Waals surface area contributed by atoms with Crippen LogP contribution in [0.1, 0.15) is 62.8 Å². The number of halogens is 1. The van der Waals surface area contributed by atoms with E-state index < -0.39 is 6.04 Å². The molecular weight excluding hydrogens is 534 g/mol. The van der Waals surface area contributed by atoms with Gasteiger partial charge in [-0.3, -0.25) is 14.5 Å². The van der Waals surface area contributed by atoms with Crippen molar-refractivity contribution in [1.29, 1.82) is 0 Å². The quantitative estimate of drug-likeness (QED) is 0.465. The Kier molecular flexibility index (Phi) is 9.70. The summed E-state index contributed by atoms with van der Waals surface area (Å²) in [6.07, 6.45) is 3.09.